The number of ketones is 1. The normalized spacial score (nSPS) is 10.3. The van der Waals surface area contributed by atoms with Gasteiger partial charge in [0.25, 0.3) is 0 Å². The Morgan fingerprint density at radius 3 is 2.77 bits per heavy atom. The summed E-state index contributed by atoms with van der Waals surface area (Å²) in [6, 6.07) is 3.76. The van der Waals surface area contributed by atoms with Crippen LogP contribution in [0.25, 0.3) is 0 Å². The summed E-state index contributed by atoms with van der Waals surface area (Å²) in [6.07, 6.45) is 2.41. The van der Waals surface area contributed by atoms with Gasteiger partial charge < -0.3 is 0 Å². The van der Waals surface area contributed by atoms with E-state index in [9.17, 15) is 4.79 Å². The van der Waals surface area contributed by atoms with Crippen LogP contribution in [0, 0.1) is 0 Å². The second-order valence-electron chi connectivity index (χ2n) is 2.67. The maximum Gasteiger partial charge on any atom is 0.172 e. The highest BCUT2D eigenvalue weighted by molar-refractivity contribution is 9.11. The number of Topliss-reactive ketones (excluding diaryl/α,β-unsaturated/α-hetero) is 1. The van der Waals surface area contributed by atoms with E-state index in [-0.39, 0.29) is 5.78 Å². The number of rotatable bonds is 5. The second-order valence-corrected chi connectivity index (χ2v) is 5.51. The zero-order valence-corrected chi connectivity index (χ0v) is 10.2. The van der Waals surface area contributed by atoms with E-state index < -0.39 is 0 Å². The number of alkyl halides is 1. The van der Waals surface area contributed by atoms with Crippen LogP contribution in [0.5, 0.6) is 0 Å². The first-order chi connectivity index (χ1) is 6.24. The molecule has 4 heteroatoms. The van der Waals surface area contributed by atoms with Crippen LogP contribution in [0.15, 0.2) is 15.9 Å². The molecule has 0 aromatic carbocycles. The summed E-state index contributed by atoms with van der Waals surface area (Å²) in [6.45, 7) is 0. The van der Waals surface area contributed by atoms with Crippen molar-refractivity contribution in [2.75, 3.05) is 5.88 Å². The van der Waals surface area contributed by atoms with E-state index in [0.717, 1.165) is 21.5 Å². The van der Waals surface area contributed by atoms with Gasteiger partial charge in [0, 0.05) is 12.3 Å². The van der Waals surface area contributed by atoms with Gasteiger partial charge in [-0.3, -0.25) is 4.79 Å². The van der Waals surface area contributed by atoms with Crippen LogP contribution < -0.4 is 0 Å². The van der Waals surface area contributed by atoms with Gasteiger partial charge >= 0.3 is 0 Å². The van der Waals surface area contributed by atoms with Crippen molar-refractivity contribution in [3.05, 3.63) is 20.8 Å². The number of carbonyl (C=O) groups excluding carboxylic acids is 1. The number of unbranched alkanes of at least 4 members (excludes halogenated alkanes) is 1. The first kappa shape index (κ1) is 11.2. The van der Waals surface area contributed by atoms with E-state index in [1.807, 2.05) is 12.1 Å². The van der Waals surface area contributed by atoms with Gasteiger partial charge in [-0.1, -0.05) is 0 Å². The molecule has 1 rings (SSSR count). The molecule has 0 bridgehead atoms. The molecule has 0 fully saturated rings. The Kier molecular flexibility index (Phi) is 4.99. The lowest BCUT2D eigenvalue weighted by Gasteiger charge is -1.95. The molecule has 1 aromatic heterocycles. The first-order valence-corrected chi connectivity index (χ1v) is 6.23. The van der Waals surface area contributed by atoms with Crippen LogP contribution in [-0.2, 0) is 0 Å². The van der Waals surface area contributed by atoms with Crippen molar-refractivity contribution < 1.29 is 4.79 Å². The van der Waals surface area contributed by atoms with E-state index in [1.54, 1.807) is 0 Å². The Balaban J connectivity index is 2.40. The van der Waals surface area contributed by atoms with Crippen molar-refractivity contribution in [3.8, 4) is 0 Å². The molecule has 0 aliphatic carbocycles. The number of hydrogen-bond acceptors (Lipinski definition) is 2. The van der Waals surface area contributed by atoms with Crippen LogP contribution in [0.4, 0.5) is 0 Å². The Morgan fingerprint density at radius 1 is 1.46 bits per heavy atom. The molecule has 0 aliphatic rings. The minimum absolute atomic E-state index is 0.223. The highest BCUT2D eigenvalue weighted by atomic mass is 79.9. The summed E-state index contributed by atoms with van der Waals surface area (Å²) in [5.74, 6) is 0.863. The molecule has 1 heterocycles. The number of carbonyl (C=O) groups is 1. The van der Waals surface area contributed by atoms with Crippen LogP contribution in [-0.4, -0.2) is 11.7 Å². The SMILES string of the molecule is O=C(CCCCCl)c1ccc(Br)s1. The van der Waals surface area contributed by atoms with Gasteiger partial charge in [0.15, 0.2) is 5.78 Å². The zero-order chi connectivity index (χ0) is 9.68. The molecular formula is C9H10BrClOS. The van der Waals surface area contributed by atoms with Gasteiger partial charge in [0.2, 0.25) is 0 Å². The zero-order valence-electron chi connectivity index (χ0n) is 7.06. The van der Waals surface area contributed by atoms with Gasteiger partial charge in [-0.05, 0) is 40.9 Å². The maximum atomic E-state index is 11.5. The number of thiophene rings is 1. The molecule has 72 valence electrons. The summed E-state index contributed by atoms with van der Waals surface area (Å²) in [5.41, 5.74) is 0. The van der Waals surface area contributed by atoms with Crippen molar-refractivity contribution in [2.24, 2.45) is 0 Å². The third kappa shape index (κ3) is 3.79. The molecule has 1 nitrogen and oxygen atoms in total. The van der Waals surface area contributed by atoms with Gasteiger partial charge in [-0.15, -0.1) is 22.9 Å². The first-order valence-electron chi connectivity index (χ1n) is 4.08. The van der Waals surface area contributed by atoms with Gasteiger partial charge in [-0.2, -0.15) is 0 Å². The highest BCUT2D eigenvalue weighted by Crippen LogP contribution is 2.23. The predicted molar refractivity (Wildman–Crippen MR) is 60.9 cm³/mol. The lowest BCUT2D eigenvalue weighted by atomic mass is 10.1. The van der Waals surface area contributed by atoms with E-state index in [0.29, 0.717) is 12.3 Å². The lowest BCUT2D eigenvalue weighted by molar-refractivity contribution is 0.0984. The Hall–Kier alpha value is 0.140. The molecule has 0 atom stereocenters. The van der Waals surface area contributed by atoms with Crippen LogP contribution in [0.3, 0.4) is 0 Å². The molecule has 0 radical (unpaired) electrons. The predicted octanol–water partition coefficient (Wildman–Crippen LogP) is 4.10. The Bertz CT molecular complexity index is 285. The molecule has 0 saturated carbocycles. The minimum atomic E-state index is 0.223. The summed E-state index contributed by atoms with van der Waals surface area (Å²) in [7, 11) is 0. The van der Waals surface area contributed by atoms with Gasteiger partial charge in [-0.25, -0.2) is 0 Å². The lowest BCUT2D eigenvalue weighted by Crippen LogP contribution is -1.95. The summed E-state index contributed by atoms with van der Waals surface area (Å²) in [4.78, 5) is 12.3. The number of hydrogen-bond donors (Lipinski definition) is 0. The third-order valence-electron chi connectivity index (χ3n) is 1.64. The van der Waals surface area contributed by atoms with Gasteiger partial charge in [0.1, 0.15) is 0 Å². The number of halogens is 2. The Morgan fingerprint density at radius 2 is 2.23 bits per heavy atom. The quantitative estimate of drug-likeness (QED) is 0.451. The molecule has 0 unspecified atom stereocenters. The van der Waals surface area contributed by atoms with Crippen molar-refractivity contribution in [1.29, 1.82) is 0 Å². The molecule has 0 spiro atoms. The average molecular weight is 282 g/mol. The fourth-order valence-electron chi connectivity index (χ4n) is 0.967. The minimum Gasteiger partial charge on any atom is -0.293 e. The molecule has 0 amide bonds. The standard InChI is InChI=1S/C9H10BrClOS/c10-9-5-4-8(13-9)7(12)3-1-2-6-11/h4-5H,1-3,6H2. The molecule has 0 saturated heterocycles. The van der Waals surface area contributed by atoms with Gasteiger partial charge in [0.05, 0.1) is 8.66 Å². The molecule has 0 N–H and O–H groups in total. The fourth-order valence-corrected chi connectivity index (χ4v) is 2.51. The van der Waals surface area contributed by atoms with Crippen LogP contribution in [0.2, 0.25) is 0 Å². The second kappa shape index (κ2) is 5.78. The molecule has 1 aromatic rings. The topological polar surface area (TPSA) is 17.1 Å². The van der Waals surface area contributed by atoms with Crippen molar-refractivity contribution >= 4 is 44.7 Å². The van der Waals surface area contributed by atoms with E-state index in [4.69, 9.17) is 11.6 Å². The highest BCUT2D eigenvalue weighted by Gasteiger charge is 2.07. The third-order valence-corrected chi connectivity index (χ3v) is 3.57. The summed E-state index contributed by atoms with van der Waals surface area (Å²) < 4.78 is 1.01. The fraction of sp³-hybridized carbons (Fsp3) is 0.444. The molecule has 13 heavy (non-hydrogen) atoms. The molecule has 0 aliphatic heterocycles. The molecular weight excluding hydrogens is 272 g/mol. The van der Waals surface area contributed by atoms with E-state index >= 15 is 0 Å². The van der Waals surface area contributed by atoms with Crippen molar-refractivity contribution in [3.63, 3.8) is 0 Å². The summed E-state index contributed by atoms with van der Waals surface area (Å²) >= 11 is 10.3. The largest absolute Gasteiger partial charge is 0.293 e. The summed E-state index contributed by atoms with van der Waals surface area (Å²) in [5, 5.41) is 0. The average Bonchev–Trinajstić information content (AvgIpc) is 2.52. The maximum absolute atomic E-state index is 11.5. The Labute approximate surface area is 95.2 Å². The monoisotopic (exact) mass is 280 g/mol. The van der Waals surface area contributed by atoms with Crippen LogP contribution in [0.1, 0.15) is 28.9 Å². The van der Waals surface area contributed by atoms with Crippen molar-refractivity contribution in [1.82, 2.24) is 0 Å². The van der Waals surface area contributed by atoms with E-state index in [1.165, 1.54) is 11.3 Å². The smallest absolute Gasteiger partial charge is 0.172 e. The van der Waals surface area contributed by atoms with Crippen molar-refractivity contribution in [2.45, 2.75) is 19.3 Å². The van der Waals surface area contributed by atoms with E-state index in [2.05, 4.69) is 15.9 Å². The van der Waals surface area contributed by atoms with Crippen LogP contribution >= 0.6 is 38.9 Å².